The molecular weight excluding hydrogens is 278 g/mol. The van der Waals surface area contributed by atoms with Crippen LogP contribution in [-0.4, -0.2) is 40.4 Å². The molecule has 1 aliphatic rings. The Labute approximate surface area is 123 Å². The zero-order valence-electron chi connectivity index (χ0n) is 11.8. The second-order valence-electron chi connectivity index (χ2n) is 5.16. The van der Waals surface area contributed by atoms with Crippen molar-refractivity contribution in [3.05, 3.63) is 10.7 Å². The van der Waals surface area contributed by atoms with Crippen molar-refractivity contribution < 1.29 is 4.79 Å². The summed E-state index contributed by atoms with van der Waals surface area (Å²) in [7, 11) is 0. The van der Waals surface area contributed by atoms with Gasteiger partial charge >= 0.3 is 0 Å². The lowest BCUT2D eigenvalue weighted by Gasteiger charge is -2.31. The van der Waals surface area contributed by atoms with Gasteiger partial charge in [-0.2, -0.15) is 4.98 Å². The van der Waals surface area contributed by atoms with Gasteiger partial charge in [0.25, 0.3) is 0 Å². The predicted molar refractivity (Wildman–Crippen MR) is 79.7 cm³/mol. The van der Waals surface area contributed by atoms with Gasteiger partial charge in [-0.1, -0.05) is 11.6 Å². The molecule has 0 aliphatic carbocycles. The zero-order chi connectivity index (χ0) is 14.7. The van der Waals surface area contributed by atoms with Crippen molar-refractivity contribution in [1.82, 2.24) is 14.9 Å². The Morgan fingerprint density at radius 2 is 2.10 bits per heavy atom. The number of nitrogens with zero attached hydrogens (tertiary/aromatic N) is 3. The third-order valence-corrected chi connectivity index (χ3v) is 4.10. The van der Waals surface area contributed by atoms with Crippen molar-refractivity contribution in [3.63, 3.8) is 0 Å². The third-order valence-electron chi connectivity index (χ3n) is 3.65. The van der Waals surface area contributed by atoms with Crippen molar-refractivity contribution in [3.8, 4) is 0 Å². The summed E-state index contributed by atoms with van der Waals surface area (Å²) in [5, 5.41) is 3.76. The second kappa shape index (κ2) is 6.26. The van der Waals surface area contributed by atoms with Crippen molar-refractivity contribution in [2.75, 3.05) is 30.7 Å². The smallest absolute Gasteiger partial charge is 0.222 e. The Morgan fingerprint density at radius 3 is 2.70 bits per heavy atom. The first-order valence-corrected chi connectivity index (χ1v) is 7.14. The largest absolute Gasteiger partial charge is 0.368 e. The molecule has 1 aliphatic heterocycles. The summed E-state index contributed by atoms with van der Waals surface area (Å²) in [4.78, 5) is 21.3. The maximum Gasteiger partial charge on any atom is 0.222 e. The van der Waals surface area contributed by atoms with Gasteiger partial charge in [-0.3, -0.25) is 4.79 Å². The summed E-state index contributed by atoms with van der Waals surface area (Å²) in [6.07, 6.45) is 1.98. The molecule has 1 saturated heterocycles. The van der Waals surface area contributed by atoms with Crippen LogP contribution in [0.25, 0.3) is 0 Å². The molecule has 110 valence electrons. The number of nitrogens with two attached hydrogens (primary N) is 1. The summed E-state index contributed by atoms with van der Waals surface area (Å²) in [6.45, 7) is 5.84. The molecule has 2 rings (SSSR count). The SMILES string of the molecule is CC(=O)N1CCC(CNc2nc(N)nc(C)c2Cl)CC1. The summed E-state index contributed by atoms with van der Waals surface area (Å²) in [5.41, 5.74) is 6.30. The van der Waals surface area contributed by atoms with Crippen molar-refractivity contribution in [2.45, 2.75) is 26.7 Å². The molecule has 0 radical (unpaired) electrons. The van der Waals surface area contributed by atoms with Crippen LogP contribution in [0, 0.1) is 12.8 Å². The third kappa shape index (κ3) is 3.50. The first-order chi connectivity index (χ1) is 9.47. The number of nitrogens with one attached hydrogen (secondary N) is 1. The monoisotopic (exact) mass is 297 g/mol. The van der Waals surface area contributed by atoms with E-state index < -0.39 is 0 Å². The van der Waals surface area contributed by atoms with Crippen LogP contribution >= 0.6 is 11.6 Å². The van der Waals surface area contributed by atoms with E-state index in [0.29, 0.717) is 22.5 Å². The number of aryl methyl sites for hydroxylation is 1. The van der Waals surface area contributed by atoms with Gasteiger partial charge in [-0.15, -0.1) is 0 Å². The number of hydrogen-bond donors (Lipinski definition) is 2. The van der Waals surface area contributed by atoms with E-state index in [-0.39, 0.29) is 11.9 Å². The van der Waals surface area contributed by atoms with Crippen LogP contribution < -0.4 is 11.1 Å². The minimum atomic E-state index is 0.152. The predicted octanol–water partition coefficient (Wildman–Crippen LogP) is 1.69. The van der Waals surface area contributed by atoms with Crippen LogP contribution in [-0.2, 0) is 4.79 Å². The molecule has 0 spiro atoms. The molecular formula is C13H20ClN5O. The van der Waals surface area contributed by atoms with Crippen molar-refractivity contribution >= 4 is 29.3 Å². The first-order valence-electron chi connectivity index (χ1n) is 6.76. The number of halogens is 1. The Morgan fingerprint density at radius 1 is 1.45 bits per heavy atom. The molecule has 3 N–H and O–H groups in total. The summed E-state index contributed by atoms with van der Waals surface area (Å²) >= 11 is 6.15. The van der Waals surface area contributed by atoms with Gasteiger partial charge in [0, 0.05) is 26.6 Å². The maximum atomic E-state index is 11.3. The fourth-order valence-corrected chi connectivity index (χ4v) is 2.54. The molecule has 7 heteroatoms. The van der Waals surface area contributed by atoms with E-state index >= 15 is 0 Å². The molecule has 0 bridgehead atoms. The van der Waals surface area contributed by atoms with Gasteiger partial charge in [-0.05, 0) is 25.7 Å². The molecule has 2 heterocycles. The number of anilines is 2. The highest BCUT2D eigenvalue weighted by Gasteiger charge is 2.21. The highest BCUT2D eigenvalue weighted by atomic mass is 35.5. The number of amides is 1. The standard InChI is InChI=1S/C13H20ClN5O/c1-8-11(14)12(18-13(15)17-8)16-7-10-3-5-19(6-4-10)9(2)20/h10H,3-7H2,1-2H3,(H3,15,16,17,18). The van der Waals surface area contributed by atoms with Crippen LogP contribution in [0.3, 0.4) is 0 Å². The number of carbonyl (C=O) groups excluding carboxylic acids is 1. The number of aromatic nitrogens is 2. The van der Waals surface area contributed by atoms with Gasteiger partial charge in [0.2, 0.25) is 11.9 Å². The molecule has 20 heavy (non-hydrogen) atoms. The summed E-state index contributed by atoms with van der Waals surface area (Å²) in [5.74, 6) is 1.48. The number of carbonyl (C=O) groups is 1. The summed E-state index contributed by atoms with van der Waals surface area (Å²) in [6, 6.07) is 0. The lowest BCUT2D eigenvalue weighted by molar-refractivity contribution is -0.130. The fourth-order valence-electron chi connectivity index (χ4n) is 2.39. The minimum absolute atomic E-state index is 0.152. The Balaban J connectivity index is 1.89. The first kappa shape index (κ1) is 14.8. The van der Waals surface area contributed by atoms with Crippen molar-refractivity contribution in [1.29, 1.82) is 0 Å². The van der Waals surface area contributed by atoms with E-state index in [4.69, 9.17) is 17.3 Å². The highest BCUT2D eigenvalue weighted by Crippen LogP contribution is 2.24. The number of piperidine rings is 1. The number of hydrogen-bond acceptors (Lipinski definition) is 5. The van der Waals surface area contributed by atoms with Crippen LogP contribution in [0.4, 0.5) is 11.8 Å². The van der Waals surface area contributed by atoms with E-state index in [9.17, 15) is 4.79 Å². The maximum absolute atomic E-state index is 11.3. The van der Waals surface area contributed by atoms with Crippen LogP contribution in [0.15, 0.2) is 0 Å². The minimum Gasteiger partial charge on any atom is -0.368 e. The molecule has 0 aromatic carbocycles. The van der Waals surface area contributed by atoms with Crippen LogP contribution in [0.1, 0.15) is 25.5 Å². The lowest BCUT2D eigenvalue weighted by Crippen LogP contribution is -2.38. The molecule has 1 aromatic heterocycles. The summed E-state index contributed by atoms with van der Waals surface area (Å²) < 4.78 is 0. The van der Waals surface area contributed by atoms with Gasteiger partial charge in [0.05, 0.1) is 5.69 Å². The van der Waals surface area contributed by atoms with E-state index in [1.165, 1.54) is 0 Å². The molecule has 1 amide bonds. The van der Waals surface area contributed by atoms with Gasteiger partial charge < -0.3 is 16.0 Å². The van der Waals surface area contributed by atoms with E-state index in [0.717, 1.165) is 32.5 Å². The normalized spacial score (nSPS) is 16.2. The molecule has 1 fully saturated rings. The van der Waals surface area contributed by atoms with Gasteiger partial charge in [0.15, 0.2) is 5.82 Å². The van der Waals surface area contributed by atoms with E-state index in [1.807, 2.05) is 4.90 Å². The molecule has 0 unspecified atom stereocenters. The van der Waals surface area contributed by atoms with Crippen LogP contribution in [0.2, 0.25) is 5.02 Å². The Kier molecular flexibility index (Phi) is 4.65. The Hall–Kier alpha value is -1.56. The highest BCUT2D eigenvalue weighted by molar-refractivity contribution is 6.33. The zero-order valence-corrected chi connectivity index (χ0v) is 12.6. The van der Waals surface area contributed by atoms with Crippen LogP contribution in [0.5, 0.6) is 0 Å². The average Bonchev–Trinajstić information content (AvgIpc) is 2.41. The van der Waals surface area contributed by atoms with Gasteiger partial charge in [0.1, 0.15) is 5.02 Å². The fraction of sp³-hybridized carbons (Fsp3) is 0.615. The molecule has 1 aromatic rings. The molecule has 0 atom stereocenters. The Bertz CT molecular complexity index is 500. The van der Waals surface area contributed by atoms with Gasteiger partial charge in [-0.25, -0.2) is 4.98 Å². The van der Waals surface area contributed by atoms with E-state index in [1.54, 1.807) is 13.8 Å². The van der Waals surface area contributed by atoms with Crippen molar-refractivity contribution in [2.24, 2.45) is 5.92 Å². The lowest BCUT2D eigenvalue weighted by atomic mass is 9.97. The number of likely N-dealkylation sites (tertiary alicyclic amines) is 1. The molecule has 6 nitrogen and oxygen atoms in total. The number of nitrogen functional groups attached to an aromatic ring is 1. The second-order valence-corrected chi connectivity index (χ2v) is 5.54. The molecule has 0 saturated carbocycles. The quantitative estimate of drug-likeness (QED) is 0.887. The van der Waals surface area contributed by atoms with E-state index in [2.05, 4.69) is 15.3 Å². The number of rotatable bonds is 3. The topological polar surface area (TPSA) is 84.1 Å². The average molecular weight is 298 g/mol.